The minimum Gasteiger partial charge on any atom is -0.465 e. The maximum atomic E-state index is 13.2. The Kier molecular flexibility index (Phi) is 6.09. The average molecular weight is 452 g/mol. The van der Waals surface area contributed by atoms with Gasteiger partial charge in [0.25, 0.3) is 6.17 Å². The zero-order chi connectivity index (χ0) is 22.8. The molecule has 0 saturated heterocycles. The number of aromatic amines is 1. The molecule has 0 bridgehead atoms. The molecule has 0 aliphatic carbocycles. The number of aromatic nitrogens is 3. The van der Waals surface area contributed by atoms with Crippen LogP contribution >= 0.6 is 11.8 Å². The lowest BCUT2D eigenvalue weighted by molar-refractivity contribution is -0.763. The van der Waals surface area contributed by atoms with Crippen LogP contribution in [0.15, 0.2) is 58.5 Å². The molecule has 0 saturated carbocycles. The van der Waals surface area contributed by atoms with Gasteiger partial charge in [0.15, 0.2) is 0 Å². The fourth-order valence-corrected chi connectivity index (χ4v) is 4.41. The SMILES string of the molecule is CCSc1n[n+]2c(c(=O)[nH]1)-c1ccccc1N(C(=O)CC)[C@@H]2c1ccc(C(=O)OC)cc1. The van der Waals surface area contributed by atoms with Crippen LogP contribution in [0.1, 0.15) is 42.4 Å². The van der Waals surface area contributed by atoms with Gasteiger partial charge in [-0.15, -0.1) is 0 Å². The first kappa shape index (κ1) is 21.8. The fraction of sp³-hybridized carbons (Fsp3) is 0.261. The highest BCUT2D eigenvalue weighted by Gasteiger charge is 2.45. The second-order valence-electron chi connectivity index (χ2n) is 7.11. The first-order chi connectivity index (χ1) is 15.5. The lowest BCUT2D eigenvalue weighted by Crippen LogP contribution is -2.60. The van der Waals surface area contributed by atoms with Crippen LogP contribution in [0, 0.1) is 0 Å². The number of carbonyl (C=O) groups is 2. The Morgan fingerprint density at radius 3 is 2.53 bits per heavy atom. The second kappa shape index (κ2) is 8.96. The number of ether oxygens (including phenoxy) is 1. The molecule has 1 N–H and O–H groups in total. The Morgan fingerprint density at radius 2 is 1.88 bits per heavy atom. The number of para-hydroxylation sites is 1. The van der Waals surface area contributed by atoms with E-state index in [-0.39, 0.29) is 17.9 Å². The number of methoxy groups -OCH3 is 1. The van der Waals surface area contributed by atoms with E-state index in [9.17, 15) is 14.4 Å². The summed E-state index contributed by atoms with van der Waals surface area (Å²) in [7, 11) is 1.32. The van der Waals surface area contributed by atoms with Crippen molar-refractivity contribution in [1.82, 2.24) is 10.1 Å². The monoisotopic (exact) mass is 451 g/mol. The molecule has 2 aromatic carbocycles. The van der Waals surface area contributed by atoms with Gasteiger partial charge >= 0.3 is 17.2 Å². The van der Waals surface area contributed by atoms with Crippen molar-refractivity contribution in [2.75, 3.05) is 17.8 Å². The average Bonchev–Trinajstić information content (AvgIpc) is 2.82. The Labute approximate surface area is 189 Å². The van der Waals surface area contributed by atoms with E-state index in [0.29, 0.717) is 33.2 Å². The third-order valence-electron chi connectivity index (χ3n) is 5.24. The summed E-state index contributed by atoms with van der Waals surface area (Å²) in [5.74, 6) is 0.176. The van der Waals surface area contributed by atoms with Gasteiger partial charge in [0.1, 0.15) is 0 Å². The molecule has 1 aliphatic heterocycles. The molecule has 4 rings (SSSR count). The highest BCUT2D eigenvalue weighted by atomic mass is 32.2. The van der Waals surface area contributed by atoms with Crippen LogP contribution in [-0.2, 0) is 9.53 Å². The van der Waals surface area contributed by atoms with E-state index in [1.165, 1.54) is 18.9 Å². The summed E-state index contributed by atoms with van der Waals surface area (Å²) >= 11 is 1.41. The molecule has 0 fully saturated rings. The molecule has 0 spiro atoms. The number of fused-ring (bicyclic) bond motifs is 3. The highest BCUT2D eigenvalue weighted by molar-refractivity contribution is 7.99. The number of nitrogens with zero attached hydrogens (tertiary/aromatic N) is 3. The molecule has 1 amide bonds. The number of nitrogens with one attached hydrogen (secondary N) is 1. The number of esters is 1. The first-order valence-electron chi connectivity index (χ1n) is 10.3. The largest absolute Gasteiger partial charge is 0.465 e. The number of hydrogen-bond donors (Lipinski definition) is 1. The molecule has 0 unspecified atom stereocenters. The van der Waals surface area contributed by atoms with Crippen LogP contribution in [0.25, 0.3) is 11.3 Å². The summed E-state index contributed by atoms with van der Waals surface area (Å²) in [6, 6.07) is 14.1. The van der Waals surface area contributed by atoms with E-state index in [4.69, 9.17) is 9.84 Å². The van der Waals surface area contributed by atoms with Crippen LogP contribution in [0.3, 0.4) is 0 Å². The molecule has 1 aliphatic rings. The number of amides is 1. The zero-order valence-corrected chi connectivity index (χ0v) is 18.8. The second-order valence-corrected chi connectivity index (χ2v) is 8.36. The van der Waals surface area contributed by atoms with Crippen molar-refractivity contribution in [3.8, 4) is 11.3 Å². The minimum atomic E-state index is -0.683. The van der Waals surface area contributed by atoms with Gasteiger partial charge in [-0.3, -0.25) is 14.6 Å². The Morgan fingerprint density at radius 1 is 1.16 bits per heavy atom. The van der Waals surface area contributed by atoms with Gasteiger partial charge in [0.05, 0.1) is 23.9 Å². The van der Waals surface area contributed by atoms with E-state index < -0.39 is 12.1 Å². The van der Waals surface area contributed by atoms with Crippen LogP contribution in [-0.4, -0.2) is 34.8 Å². The van der Waals surface area contributed by atoms with Gasteiger partial charge < -0.3 is 4.74 Å². The molecule has 164 valence electrons. The van der Waals surface area contributed by atoms with Crippen molar-refractivity contribution in [3.05, 3.63) is 70.0 Å². The maximum Gasteiger partial charge on any atom is 0.337 e. The molecule has 2 heterocycles. The van der Waals surface area contributed by atoms with Gasteiger partial charge in [0.2, 0.25) is 11.1 Å². The molecule has 8 nitrogen and oxygen atoms in total. The first-order valence-corrected chi connectivity index (χ1v) is 11.3. The number of rotatable bonds is 5. The molecule has 9 heteroatoms. The molecule has 0 radical (unpaired) electrons. The van der Waals surface area contributed by atoms with Crippen molar-refractivity contribution in [2.45, 2.75) is 31.6 Å². The Balaban J connectivity index is 1.99. The van der Waals surface area contributed by atoms with E-state index in [1.54, 1.807) is 40.8 Å². The number of hydrogen-bond acceptors (Lipinski definition) is 6. The molecule has 3 aromatic rings. The van der Waals surface area contributed by atoms with Crippen LogP contribution in [0.5, 0.6) is 0 Å². The van der Waals surface area contributed by atoms with E-state index in [2.05, 4.69) is 4.98 Å². The lowest BCUT2D eigenvalue weighted by atomic mass is 10.0. The summed E-state index contributed by atoms with van der Waals surface area (Å²) in [4.78, 5) is 42.7. The van der Waals surface area contributed by atoms with Crippen LogP contribution < -0.4 is 15.1 Å². The summed E-state index contributed by atoms with van der Waals surface area (Å²) < 4.78 is 6.40. The Bertz CT molecular complexity index is 1240. The van der Waals surface area contributed by atoms with Gasteiger partial charge in [0, 0.05) is 17.1 Å². The third kappa shape index (κ3) is 3.69. The van der Waals surface area contributed by atoms with Gasteiger partial charge in [-0.1, -0.05) is 37.7 Å². The van der Waals surface area contributed by atoms with E-state index in [1.807, 2.05) is 31.2 Å². The molecular weight excluding hydrogens is 428 g/mol. The van der Waals surface area contributed by atoms with E-state index in [0.717, 1.165) is 5.75 Å². The van der Waals surface area contributed by atoms with Gasteiger partial charge in [-0.25, -0.2) is 9.69 Å². The number of thioether (sulfide) groups is 1. The molecule has 1 aromatic heterocycles. The normalized spacial score (nSPS) is 14.5. The van der Waals surface area contributed by atoms with Crippen LogP contribution in [0.4, 0.5) is 5.69 Å². The summed E-state index contributed by atoms with van der Waals surface area (Å²) in [6.07, 6.45) is -0.404. The predicted molar refractivity (Wildman–Crippen MR) is 121 cm³/mol. The minimum absolute atomic E-state index is 0.107. The number of H-pyrrole nitrogens is 1. The summed E-state index contributed by atoms with van der Waals surface area (Å²) in [6.45, 7) is 3.77. The Hall–Kier alpha value is -3.46. The van der Waals surface area contributed by atoms with Crippen molar-refractivity contribution >= 4 is 29.3 Å². The van der Waals surface area contributed by atoms with Crippen LogP contribution in [0.2, 0.25) is 0 Å². The summed E-state index contributed by atoms with van der Waals surface area (Å²) in [5.41, 5.74) is 2.49. The lowest BCUT2D eigenvalue weighted by Gasteiger charge is -2.32. The molecule has 1 atom stereocenters. The molecule has 32 heavy (non-hydrogen) atoms. The third-order valence-corrected chi connectivity index (χ3v) is 5.99. The zero-order valence-electron chi connectivity index (χ0n) is 18.0. The predicted octanol–water partition coefficient (Wildman–Crippen LogP) is 2.93. The van der Waals surface area contributed by atoms with Gasteiger partial charge in [-0.05, 0) is 46.8 Å². The summed E-state index contributed by atoms with van der Waals surface area (Å²) in [5, 5.41) is 5.17. The number of carbonyl (C=O) groups excluding carboxylic acids is 2. The smallest absolute Gasteiger partial charge is 0.337 e. The number of anilines is 1. The standard InChI is InChI=1S/C23H22N4O4S/c1-4-18(28)26-17-9-7-6-8-16(17)19-20(29)24-23(32-5-2)25-27(19)21(26)14-10-12-15(13-11-14)22(30)31-3/h6-13,21H,4-5H2,1-3H3/p+1/t21-/m0/s1. The highest BCUT2D eigenvalue weighted by Crippen LogP contribution is 2.37. The van der Waals surface area contributed by atoms with Crippen molar-refractivity contribution in [3.63, 3.8) is 0 Å². The van der Waals surface area contributed by atoms with Crippen molar-refractivity contribution in [1.29, 1.82) is 0 Å². The quantitative estimate of drug-likeness (QED) is 0.364. The van der Waals surface area contributed by atoms with Crippen molar-refractivity contribution in [2.24, 2.45) is 0 Å². The van der Waals surface area contributed by atoms with Crippen molar-refractivity contribution < 1.29 is 19.0 Å². The molecular formula is C23H23N4O4S+. The maximum absolute atomic E-state index is 13.2. The van der Waals surface area contributed by atoms with E-state index >= 15 is 0 Å². The fourth-order valence-electron chi connectivity index (χ4n) is 3.82. The topological polar surface area (TPSA) is 96.2 Å². The number of benzene rings is 2. The van der Waals surface area contributed by atoms with Gasteiger partial charge in [-0.2, -0.15) is 0 Å².